The highest BCUT2D eigenvalue weighted by Gasteiger charge is 2.50. The third kappa shape index (κ3) is 4.47. The van der Waals surface area contributed by atoms with Crippen molar-refractivity contribution in [2.45, 2.75) is 44.9 Å². The Morgan fingerprint density at radius 2 is 1.66 bits per heavy atom. The van der Waals surface area contributed by atoms with Gasteiger partial charge in [0.2, 0.25) is 15.9 Å². The molecule has 2 aromatic rings. The average Bonchev–Trinajstić information content (AvgIpc) is 2.83. The standard InChI is InChI=1S/C22H28N2O6S2/c1-21(2,3)15-7-9-16(10-8-15)23-32(28,29)19-13-17(11-12-18(19)30-6)24-20(25)22(4,5)14-31(24,26)27/h7-13,23H,14H2,1-6H3. The van der Waals surface area contributed by atoms with Crippen molar-refractivity contribution < 1.29 is 26.4 Å². The van der Waals surface area contributed by atoms with E-state index in [2.05, 4.69) is 25.5 Å². The molecule has 0 saturated carbocycles. The van der Waals surface area contributed by atoms with Crippen molar-refractivity contribution in [1.82, 2.24) is 0 Å². The first-order chi connectivity index (χ1) is 14.6. The molecule has 0 bridgehead atoms. The van der Waals surface area contributed by atoms with Gasteiger partial charge in [0.05, 0.1) is 24.0 Å². The molecule has 0 aromatic heterocycles. The van der Waals surface area contributed by atoms with Crippen LogP contribution in [-0.2, 0) is 30.3 Å². The smallest absolute Gasteiger partial charge is 0.265 e. The van der Waals surface area contributed by atoms with E-state index in [0.717, 1.165) is 11.6 Å². The molecular formula is C22H28N2O6S2. The van der Waals surface area contributed by atoms with Crippen molar-refractivity contribution in [3.05, 3.63) is 48.0 Å². The van der Waals surface area contributed by atoms with Crippen molar-refractivity contribution >= 4 is 37.3 Å². The van der Waals surface area contributed by atoms with Gasteiger partial charge < -0.3 is 4.74 Å². The Labute approximate surface area is 189 Å². The van der Waals surface area contributed by atoms with Gasteiger partial charge in [-0.1, -0.05) is 32.9 Å². The van der Waals surface area contributed by atoms with Crippen molar-refractivity contribution in [3.8, 4) is 5.75 Å². The lowest BCUT2D eigenvalue weighted by molar-refractivity contribution is -0.123. The highest BCUT2D eigenvalue weighted by atomic mass is 32.2. The molecule has 1 fully saturated rings. The highest BCUT2D eigenvalue weighted by molar-refractivity contribution is 7.94. The molecule has 32 heavy (non-hydrogen) atoms. The van der Waals surface area contributed by atoms with Crippen molar-refractivity contribution in [3.63, 3.8) is 0 Å². The first-order valence-corrected chi connectivity index (χ1v) is 13.1. The van der Waals surface area contributed by atoms with Gasteiger partial charge in [-0.05, 0) is 55.2 Å². The largest absolute Gasteiger partial charge is 0.495 e. The number of ether oxygens (including phenoxy) is 1. The zero-order chi connectivity index (χ0) is 24.1. The minimum atomic E-state index is -4.15. The van der Waals surface area contributed by atoms with Crippen LogP contribution in [0.1, 0.15) is 40.2 Å². The van der Waals surface area contributed by atoms with Crippen LogP contribution in [0.25, 0.3) is 0 Å². The van der Waals surface area contributed by atoms with Gasteiger partial charge in [0.1, 0.15) is 10.6 Å². The summed E-state index contributed by atoms with van der Waals surface area (Å²) in [6.07, 6.45) is 0. The second-order valence-corrected chi connectivity index (χ2v) is 12.9. The molecule has 1 amide bonds. The van der Waals surface area contributed by atoms with Gasteiger partial charge in [0.15, 0.2) is 0 Å². The molecule has 0 atom stereocenters. The molecule has 1 aliphatic rings. The maximum Gasteiger partial charge on any atom is 0.265 e. The van der Waals surface area contributed by atoms with E-state index >= 15 is 0 Å². The number of rotatable bonds is 5. The lowest BCUT2D eigenvalue weighted by Crippen LogP contribution is -2.33. The molecule has 1 N–H and O–H groups in total. The summed E-state index contributed by atoms with van der Waals surface area (Å²) < 4.78 is 59.9. The van der Waals surface area contributed by atoms with Gasteiger partial charge in [-0.2, -0.15) is 0 Å². The molecule has 2 aromatic carbocycles. The topological polar surface area (TPSA) is 110 Å². The fraction of sp³-hybridized carbons (Fsp3) is 0.409. The van der Waals surface area contributed by atoms with E-state index in [1.54, 1.807) is 12.1 Å². The Bertz CT molecular complexity index is 1260. The van der Waals surface area contributed by atoms with Crippen LogP contribution in [0.15, 0.2) is 47.4 Å². The molecule has 3 rings (SSSR count). The third-order valence-corrected chi connectivity index (χ3v) is 8.68. The number of anilines is 2. The maximum atomic E-state index is 13.2. The zero-order valence-electron chi connectivity index (χ0n) is 19.0. The van der Waals surface area contributed by atoms with E-state index in [0.29, 0.717) is 9.99 Å². The lowest BCUT2D eigenvalue weighted by Gasteiger charge is -2.20. The van der Waals surface area contributed by atoms with Crippen LogP contribution in [-0.4, -0.2) is 35.6 Å². The fourth-order valence-electron chi connectivity index (χ4n) is 3.51. The minimum Gasteiger partial charge on any atom is -0.495 e. The fourth-order valence-corrected chi connectivity index (χ4v) is 6.86. The van der Waals surface area contributed by atoms with Crippen LogP contribution < -0.4 is 13.8 Å². The van der Waals surface area contributed by atoms with E-state index in [4.69, 9.17) is 4.74 Å². The second kappa shape index (κ2) is 7.77. The van der Waals surface area contributed by atoms with Gasteiger partial charge in [-0.25, -0.2) is 21.1 Å². The monoisotopic (exact) mass is 480 g/mol. The summed E-state index contributed by atoms with van der Waals surface area (Å²) in [6.45, 7) is 9.24. The predicted octanol–water partition coefficient (Wildman–Crippen LogP) is 3.50. The summed E-state index contributed by atoms with van der Waals surface area (Å²) in [5.41, 5.74) is 0.142. The van der Waals surface area contributed by atoms with E-state index in [9.17, 15) is 21.6 Å². The van der Waals surface area contributed by atoms with Crippen LogP contribution in [0.5, 0.6) is 5.75 Å². The van der Waals surface area contributed by atoms with Crippen molar-refractivity contribution in [2.24, 2.45) is 5.41 Å². The Morgan fingerprint density at radius 1 is 1.06 bits per heavy atom. The Hall–Kier alpha value is -2.59. The number of sulfonamides is 2. The van der Waals surface area contributed by atoms with Crippen LogP contribution in [0.2, 0.25) is 0 Å². The summed E-state index contributed by atoms with van der Waals surface area (Å²) in [6, 6.07) is 10.8. The summed E-state index contributed by atoms with van der Waals surface area (Å²) in [5.74, 6) is -0.946. The summed E-state index contributed by atoms with van der Waals surface area (Å²) in [5, 5.41) is 0. The van der Waals surface area contributed by atoms with Gasteiger partial charge in [-0.3, -0.25) is 9.52 Å². The maximum absolute atomic E-state index is 13.2. The number of carbonyl (C=O) groups is 1. The van der Waals surface area contributed by atoms with E-state index in [1.807, 2.05) is 12.1 Å². The minimum absolute atomic E-state index is 0.0239. The molecular weight excluding hydrogens is 452 g/mol. The number of nitrogens with one attached hydrogen (secondary N) is 1. The van der Waals surface area contributed by atoms with Gasteiger partial charge in [0.25, 0.3) is 10.0 Å². The molecule has 0 radical (unpaired) electrons. The van der Waals surface area contributed by atoms with Crippen molar-refractivity contribution in [2.75, 3.05) is 21.9 Å². The quantitative estimate of drug-likeness (QED) is 0.701. The van der Waals surface area contributed by atoms with Gasteiger partial charge >= 0.3 is 0 Å². The van der Waals surface area contributed by atoms with Crippen molar-refractivity contribution in [1.29, 1.82) is 0 Å². The number of benzene rings is 2. The Morgan fingerprint density at radius 3 is 2.12 bits per heavy atom. The molecule has 0 aliphatic carbocycles. The van der Waals surface area contributed by atoms with Gasteiger partial charge in [-0.15, -0.1) is 0 Å². The lowest BCUT2D eigenvalue weighted by atomic mass is 9.87. The number of nitrogens with zero attached hydrogens (tertiary/aromatic N) is 1. The number of methoxy groups -OCH3 is 1. The molecule has 174 valence electrons. The normalized spacial score (nSPS) is 17.9. The summed E-state index contributed by atoms with van der Waals surface area (Å²) in [7, 11) is -6.76. The SMILES string of the molecule is COc1ccc(N2C(=O)C(C)(C)CS2(=O)=O)cc1S(=O)(=O)Nc1ccc(C(C)(C)C)cc1. The molecule has 1 aliphatic heterocycles. The zero-order valence-corrected chi connectivity index (χ0v) is 20.6. The van der Waals surface area contributed by atoms with Crippen LogP contribution in [0.3, 0.4) is 0 Å². The van der Waals surface area contributed by atoms with E-state index in [-0.39, 0.29) is 27.5 Å². The predicted molar refractivity (Wildman–Crippen MR) is 124 cm³/mol. The van der Waals surface area contributed by atoms with Crippen LogP contribution in [0.4, 0.5) is 11.4 Å². The number of carbonyl (C=O) groups excluding carboxylic acids is 1. The molecule has 0 spiro atoms. The second-order valence-electron chi connectivity index (χ2n) is 9.48. The van der Waals surface area contributed by atoms with E-state index in [1.165, 1.54) is 33.1 Å². The molecule has 0 unspecified atom stereocenters. The average molecular weight is 481 g/mol. The Kier molecular flexibility index (Phi) is 5.84. The molecule has 8 nitrogen and oxygen atoms in total. The highest BCUT2D eigenvalue weighted by Crippen LogP contribution is 2.38. The number of hydrogen-bond acceptors (Lipinski definition) is 6. The third-order valence-electron chi connectivity index (χ3n) is 5.26. The summed E-state index contributed by atoms with van der Waals surface area (Å²) >= 11 is 0. The Balaban J connectivity index is 2.03. The summed E-state index contributed by atoms with van der Waals surface area (Å²) in [4.78, 5) is 12.4. The number of hydrogen-bond donors (Lipinski definition) is 1. The number of amides is 1. The van der Waals surface area contributed by atoms with Gasteiger partial charge in [0, 0.05) is 5.69 Å². The van der Waals surface area contributed by atoms with E-state index < -0.39 is 31.4 Å². The molecule has 1 saturated heterocycles. The first kappa shape index (κ1) is 24.1. The first-order valence-electron chi connectivity index (χ1n) is 9.97. The van der Waals surface area contributed by atoms with Crippen LogP contribution in [0, 0.1) is 5.41 Å². The molecule has 10 heteroatoms. The molecule has 1 heterocycles. The van der Waals surface area contributed by atoms with Crippen LogP contribution >= 0.6 is 0 Å².